The summed E-state index contributed by atoms with van der Waals surface area (Å²) in [7, 11) is 1.39. The molecule has 1 aromatic heterocycles. The van der Waals surface area contributed by atoms with E-state index in [1.54, 1.807) is 18.5 Å². The van der Waals surface area contributed by atoms with Crippen molar-refractivity contribution in [2.24, 2.45) is 0 Å². The van der Waals surface area contributed by atoms with Gasteiger partial charge < -0.3 is 14.8 Å². The molecular weight excluding hydrogens is 209 g/mol. The fourth-order valence-electron chi connectivity index (χ4n) is 1.55. The van der Waals surface area contributed by atoms with Gasteiger partial charge in [-0.25, -0.2) is 4.39 Å². The standard InChI is InChI=1S/C12H12FNO2/c1-16-11-6-8(2-3-10(11)13)12(15)9-4-5-14-7-9/h2-7,12,14-15H,1H3. The number of aromatic nitrogens is 1. The Balaban J connectivity index is 2.34. The summed E-state index contributed by atoms with van der Waals surface area (Å²) in [5.41, 5.74) is 1.33. The van der Waals surface area contributed by atoms with E-state index in [-0.39, 0.29) is 5.75 Å². The summed E-state index contributed by atoms with van der Waals surface area (Å²) in [6.45, 7) is 0. The highest BCUT2D eigenvalue weighted by Crippen LogP contribution is 2.26. The minimum atomic E-state index is -0.777. The molecule has 0 saturated carbocycles. The highest BCUT2D eigenvalue weighted by Gasteiger charge is 2.13. The molecular formula is C12H12FNO2. The summed E-state index contributed by atoms with van der Waals surface area (Å²) in [5.74, 6) is -0.306. The minimum absolute atomic E-state index is 0.132. The van der Waals surface area contributed by atoms with Crippen molar-refractivity contribution in [1.29, 1.82) is 0 Å². The van der Waals surface area contributed by atoms with Crippen LogP contribution in [0.3, 0.4) is 0 Å². The van der Waals surface area contributed by atoms with Crippen molar-refractivity contribution in [2.75, 3.05) is 7.11 Å². The van der Waals surface area contributed by atoms with Crippen LogP contribution in [0.5, 0.6) is 5.75 Å². The Bertz CT molecular complexity index is 468. The van der Waals surface area contributed by atoms with Gasteiger partial charge in [-0.05, 0) is 23.8 Å². The topological polar surface area (TPSA) is 45.2 Å². The molecule has 4 heteroatoms. The average molecular weight is 221 g/mol. The summed E-state index contributed by atoms with van der Waals surface area (Å²) < 4.78 is 18.0. The first-order valence-corrected chi connectivity index (χ1v) is 4.86. The van der Waals surface area contributed by atoms with Crippen LogP contribution >= 0.6 is 0 Å². The zero-order chi connectivity index (χ0) is 11.5. The third-order valence-corrected chi connectivity index (χ3v) is 2.43. The smallest absolute Gasteiger partial charge is 0.165 e. The fraction of sp³-hybridized carbons (Fsp3) is 0.167. The number of aromatic amines is 1. The van der Waals surface area contributed by atoms with E-state index >= 15 is 0 Å². The Morgan fingerprint density at radius 2 is 2.12 bits per heavy atom. The van der Waals surface area contributed by atoms with Crippen molar-refractivity contribution in [3.05, 3.63) is 53.6 Å². The van der Waals surface area contributed by atoms with Gasteiger partial charge in [0.25, 0.3) is 0 Å². The third kappa shape index (κ3) is 1.92. The van der Waals surface area contributed by atoms with Crippen molar-refractivity contribution in [3.8, 4) is 5.75 Å². The number of aliphatic hydroxyl groups excluding tert-OH is 1. The molecule has 0 spiro atoms. The van der Waals surface area contributed by atoms with E-state index in [1.807, 2.05) is 0 Å². The third-order valence-electron chi connectivity index (χ3n) is 2.43. The summed E-state index contributed by atoms with van der Waals surface area (Å²) in [6, 6.07) is 6.08. The second-order valence-electron chi connectivity index (χ2n) is 3.44. The zero-order valence-electron chi connectivity index (χ0n) is 8.77. The van der Waals surface area contributed by atoms with E-state index in [1.165, 1.54) is 25.3 Å². The first-order chi connectivity index (χ1) is 7.72. The Labute approximate surface area is 92.5 Å². The second kappa shape index (κ2) is 4.37. The van der Waals surface area contributed by atoms with Crippen LogP contribution in [0.2, 0.25) is 0 Å². The predicted molar refractivity (Wildman–Crippen MR) is 57.8 cm³/mol. The van der Waals surface area contributed by atoms with Crippen molar-refractivity contribution >= 4 is 0 Å². The Kier molecular flexibility index (Phi) is 2.92. The van der Waals surface area contributed by atoms with Crippen LogP contribution in [0.1, 0.15) is 17.2 Å². The maximum atomic E-state index is 13.2. The molecule has 1 unspecified atom stereocenters. The number of aliphatic hydroxyl groups is 1. The van der Waals surface area contributed by atoms with Gasteiger partial charge in [-0.3, -0.25) is 0 Å². The molecule has 0 bridgehead atoms. The number of methoxy groups -OCH3 is 1. The number of benzene rings is 1. The Hall–Kier alpha value is -1.81. The number of nitrogens with one attached hydrogen (secondary N) is 1. The van der Waals surface area contributed by atoms with Crippen LogP contribution in [0.4, 0.5) is 4.39 Å². The lowest BCUT2D eigenvalue weighted by atomic mass is 10.0. The molecule has 3 nitrogen and oxygen atoms in total. The van der Waals surface area contributed by atoms with Crippen molar-refractivity contribution in [2.45, 2.75) is 6.10 Å². The molecule has 16 heavy (non-hydrogen) atoms. The van der Waals surface area contributed by atoms with Crippen LogP contribution in [0.15, 0.2) is 36.7 Å². The van der Waals surface area contributed by atoms with E-state index in [4.69, 9.17) is 4.74 Å². The fourth-order valence-corrected chi connectivity index (χ4v) is 1.55. The van der Waals surface area contributed by atoms with E-state index in [0.717, 1.165) is 5.56 Å². The normalized spacial score (nSPS) is 12.4. The molecule has 0 amide bonds. The van der Waals surface area contributed by atoms with Gasteiger partial charge >= 0.3 is 0 Å². The van der Waals surface area contributed by atoms with Crippen molar-refractivity contribution < 1.29 is 14.2 Å². The van der Waals surface area contributed by atoms with Crippen LogP contribution in [0, 0.1) is 5.82 Å². The van der Waals surface area contributed by atoms with Gasteiger partial charge in [0.2, 0.25) is 0 Å². The lowest BCUT2D eigenvalue weighted by Crippen LogP contribution is -1.99. The number of hydrogen-bond acceptors (Lipinski definition) is 2. The summed E-state index contributed by atoms with van der Waals surface area (Å²) in [5, 5.41) is 9.99. The first-order valence-electron chi connectivity index (χ1n) is 4.86. The van der Waals surface area contributed by atoms with E-state index < -0.39 is 11.9 Å². The molecule has 0 radical (unpaired) electrons. The first kappa shape index (κ1) is 10.7. The minimum Gasteiger partial charge on any atom is -0.494 e. The number of H-pyrrole nitrogens is 1. The Morgan fingerprint density at radius 3 is 2.75 bits per heavy atom. The molecule has 1 atom stereocenters. The van der Waals surface area contributed by atoms with Gasteiger partial charge in [-0.1, -0.05) is 6.07 Å². The van der Waals surface area contributed by atoms with Gasteiger partial charge in [0.15, 0.2) is 11.6 Å². The van der Waals surface area contributed by atoms with Gasteiger partial charge in [-0.15, -0.1) is 0 Å². The molecule has 0 fully saturated rings. The molecule has 0 aliphatic rings. The average Bonchev–Trinajstić information content (AvgIpc) is 2.82. The molecule has 0 saturated heterocycles. The maximum Gasteiger partial charge on any atom is 0.165 e. The van der Waals surface area contributed by atoms with E-state index in [2.05, 4.69) is 4.98 Å². The largest absolute Gasteiger partial charge is 0.494 e. The second-order valence-corrected chi connectivity index (χ2v) is 3.44. The summed E-state index contributed by atoms with van der Waals surface area (Å²) in [4.78, 5) is 2.86. The SMILES string of the molecule is COc1cc(C(O)c2cc[nH]c2)ccc1F. The summed E-state index contributed by atoms with van der Waals surface area (Å²) in [6.07, 6.45) is 2.64. The van der Waals surface area contributed by atoms with E-state index in [0.29, 0.717) is 5.56 Å². The molecule has 1 aromatic carbocycles. The Morgan fingerprint density at radius 1 is 1.31 bits per heavy atom. The predicted octanol–water partition coefficient (Wildman–Crippen LogP) is 2.24. The van der Waals surface area contributed by atoms with Crippen LogP contribution < -0.4 is 4.74 Å². The number of hydrogen-bond donors (Lipinski definition) is 2. The number of rotatable bonds is 3. The zero-order valence-corrected chi connectivity index (χ0v) is 8.77. The molecule has 0 aliphatic heterocycles. The molecule has 2 aromatic rings. The van der Waals surface area contributed by atoms with Gasteiger partial charge in [0.05, 0.1) is 7.11 Å². The maximum absolute atomic E-state index is 13.2. The molecule has 2 N–H and O–H groups in total. The van der Waals surface area contributed by atoms with E-state index in [9.17, 15) is 9.50 Å². The molecule has 1 heterocycles. The van der Waals surface area contributed by atoms with Crippen LogP contribution in [-0.2, 0) is 0 Å². The molecule has 2 rings (SSSR count). The summed E-state index contributed by atoms with van der Waals surface area (Å²) >= 11 is 0. The lowest BCUT2D eigenvalue weighted by molar-refractivity contribution is 0.219. The highest BCUT2D eigenvalue weighted by molar-refractivity contribution is 5.35. The van der Waals surface area contributed by atoms with Gasteiger partial charge in [0, 0.05) is 18.0 Å². The van der Waals surface area contributed by atoms with Crippen LogP contribution in [-0.4, -0.2) is 17.2 Å². The quantitative estimate of drug-likeness (QED) is 0.834. The van der Waals surface area contributed by atoms with Crippen molar-refractivity contribution in [3.63, 3.8) is 0 Å². The molecule has 0 aliphatic carbocycles. The van der Waals surface area contributed by atoms with Crippen molar-refractivity contribution in [1.82, 2.24) is 4.98 Å². The number of ether oxygens (including phenoxy) is 1. The highest BCUT2D eigenvalue weighted by atomic mass is 19.1. The lowest BCUT2D eigenvalue weighted by Gasteiger charge is -2.11. The van der Waals surface area contributed by atoms with Gasteiger partial charge in [-0.2, -0.15) is 0 Å². The van der Waals surface area contributed by atoms with Crippen LogP contribution in [0.25, 0.3) is 0 Å². The monoisotopic (exact) mass is 221 g/mol. The number of halogens is 1. The molecule has 84 valence electrons. The van der Waals surface area contributed by atoms with Gasteiger partial charge in [0.1, 0.15) is 6.10 Å².